The van der Waals surface area contributed by atoms with Crippen molar-refractivity contribution in [1.82, 2.24) is 4.90 Å². The summed E-state index contributed by atoms with van der Waals surface area (Å²) in [5, 5.41) is 9.02. The minimum absolute atomic E-state index is 0.123. The van der Waals surface area contributed by atoms with Crippen LogP contribution in [0.4, 0.5) is 14.5 Å². The Bertz CT molecular complexity index is 615. The monoisotopic (exact) mass is 312 g/mol. The van der Waals surface area contributed by atoms with E-state index in [4.69, 9.17) is 5.11 Å². The highest BCUT2D eigenvalue weighted by Gasteiger charge is 2.38. The van der Waals surface area contributed by atoms with Crippen molar-refractivity contribution in [3.05, 3.63) is 29.8 Å². The number of hydrogen-bond acceptors (Lipinski definition) is 3. The fourth-order valence-electron chi connectivity index (χ4n) is 2.38. The highest BCUT2D eigenvalue weighted by Crippen LogP contribution is 2.21. The van der Waals surface area contributed by atoms with Gasteiger partial charge in [0.15, 0.2) is 0 Å². The maximum Gasteiger partial charge on any atom is 0.326 e. The molecule has 0 saturated carbocycles. The average Bonchev–Trinajstić information content (AvgIpc) is 2.93. The van der Waals surface area contributed by atoms with E-state index in [1.165, 1.54) is 7.05 Å². The van der Waals surface area contributed by atoms with Crippen LogP contribution in [0.15, 0.2) is 18.2 Å². The third-order valence-electron chi connectivity index (χ3n) is 3.52. The highest BCUT2D eigenvalue weighted by atomic mass is 19.1. The summed E-state index contributed by atoms with van der Waals surface area (Å²) in [5.41, 5.74) is -0.123. The molecule has 0 spiro atoms. The molecule has 118 valence electrons. The van der Waals surface area contributed by atoms with E-state index in [0.29, 0.717) is 12.5 Å². The first-order valence-electron chi connectivity index (χ1n) is 6.59. The molecule has 2 amide bonds. The fourth-order valence-corrected chi connectivity index (χ4v) is 2.38. The number of carboxylic acids is 1. The fraction of sp³-hybridized carbons (Fsp3) is 0.357. The average molecular weight is 312 g/mol. The van der Waals surface area contributed by atoms with Crippen LogP contribution in [0.3, 0.4) is 0 Å². The zero-order valence-corrected chi connectivity index (χ0v) is 11.8. The van der Waals surface area contributed by atoms with Crippen molar-refractivity contribution in [2.45, 2.75) is 18.9 Å². The van der Waals surface area contributed by atoms with Crippen LogP contribution in [0.5, 0.6) is 0 Å². The van der Waals surface area contributed by atoms with Gasteiger partial charge in [-0.15, -0.1) is 0 Å². The number of anilines is 1. The molecule has 1 heterocycles. The number of hydrogen-bond donors (Lipinski definition) is 1. The van der Waals surface area contributed by atoms with Gasteiger partial charge < -0.3 is 14.9 Å². The summed E-state index contributed by atoms with van der Waals surface area (Å²) in [4.78, 5) is 37.1. The molecular formula is C14H14F2N2O4. The lowest BCUT2D eigenvalue weighted by Gasteiger charge is -2.24. The molecule has 0 bridgehead atoms. The molecule has 1 N–H and O–H groups in total. The van der Waals surface area contributed by atoms with Crippen LogP contribution in [-0.2, 0) is 14.4 Å². The van der Waals surface area contributed by atoms with E-state index in [2.05, 4.69) is 0 Å². The van der Waals surface area contributed by atoms with Gasteiger partial charge in [-0.05, 0) is 25.0 Å². The first-order chi connectivity index (χ1) is 10.3. The van der Waals surface area contributed by atoms with Gasteiger partial charge in [-0.3, -0.25) is 9.59 Å². The van der Waals surface area contributed by atoms with Gasteiger partial charge in [0.1, 0.15) is 17.7 Å². The van der Waals surface area contributed by atoms with E-state index in [9.17, 15) is 23.2 Å². The molecule has 1 aliphatic heterocycles. The molecule has 0 aliphatic carbocycles. The van der Waals surface area contributed by atoms with E-state index in [-0.39, 0.29) is 18.7 Å². The summed E-state index contributed by atoms with van der Waals surface area (Å²) in [5.74, 6) is -4.99. The van der Waals surface area contributed by atoms with E-state index in [0.717, 1.165) is 21.9 Å². The Balaban J connectivity index is 2.19. The molecule has 1 unspecified atom stereocenters. The second kappa shape index (κ2) is 6.08. The zero-order chi connectivity index (χ0) is 16.4. The number of halogens is 2. The predicted octanol–water partition coefficient (Wildman–Crippen LogP) is 1.00. The largest absolute Gasteiger partial charge is 0.480 e. The van der Waals surface area contributed by atoms with Crippen LogP contribution in [-0.4, -0.2) is 47.4 Å². The van der Waals surface area contributed by atoms with Gasteiger partial charge in [-0.2, -0.15) is 0 Å². The van der Waals surface area contributed by atoms with Crippen molar-refractivity contribution in [1.29, 1.82) is 0 Å². The Labute approximate surface area is 124 Å². The number of nitrogens with zero attached hydrogens (tertiary/aromatic N) is 2. The molecular weight excluding hydrogens is 298 g/mol. The summed E-state index contributed by atoms with van der Waals surface area (Å²) in [6, 6.07) is 1.42. The second-order valence-electron chi connectivity index (χ2n) is 4.99. The SMILES string of the molecule is CN(C(=O)C(=O)N1CCCC1C(=O)O)c1cc(F)cc(F)c1. The third-order valence-corrected chi connectivity index (χ3v) is 3.52. The van der Waals surface area contributed by atoms with Crippen LogP contribution in [0.1, 0.15) is 12.8 Å². The van der Waals surface area contributed by atoms with Crippen LogP contribution in [0.2, 0.25) is 0 Å². The number of carboxylic acid groups (broad SMARTS) is 1. The number of likely N-dealkylation sites (tertiary alicyclic amines) is 1. The summed E-state index contributed by atoms with van der Waals surface area (Å²) >= 11 is 0. The minimum atomic E-state index is -1.18. The van der Waals surface area contributed by atoms with E-state index < -0.39 is 35.5 Å². The summed E-state index contributed by atoms with van der Waals surface area (Å²) in [7, 11) is 1.19. The smallest absolute Gasteiger partial charge is 0.326 e. The molecule has 0 radical (unpaired) electrons. The number of likely N-dealkylation sites (N-methyl/N-ethyl adjacent to an activating group) is 1. The number of benzene rings is 1. The first-order valence-corrected chi connectivity index (χ1v) is 6.59. The zero-order valence-electron chi connectivity index (χ0n) is 11.8. The lowest BCUT2D eigenvalue weighted by Crippen LogP contribution is -2.48. The van der Waals surface area contributed by atoms with Crippen molar-refractivity contribution in [3.8, 4) is 0 Å². The molecule has 8 heteroatoms. The van der Waals surface area contributed by atoms with E-state index >= 15 is 0 Å². The van der Waals surface area contributed by atoms with Crippen LogP contribution >= 0.6 is 0 Å². The lowest BCUT2D eigenvalue weighted by molar-refractivity contribution is -0.151. The van der Waals surface area contributed by atoms with Crippen molar-refractivity contribution < 1.29 is 28.3 Å². The van der Waals surface area contributed by atoms with Gasteiger partial charge in [0.2, 0.25) is 0 Å². The maximum atomic E-state index is 13.2. The first kappa shape index (κ1) is 15.9. The molecule has 0 aromatic heterocycles. The molecule has 6 nitrogen and oxygen atoms in total. The molecule has 22 heavy (non-hydrogen) atoms. The highest BCUT2D eigenvalue weighted by molar-refractivity contribution is 6.40. The summed E-state index contributed by atoms with van der Waals surface area (Å²) < 4.78 is 26.3. The molecule has 1 atom stereocenters. The topological polar surface area (TPSA) is 77.9 Å². The lowest BCUT2D eigenvalue weighted by atomic mass is 10.2. The normalized spacial score (nSPS) is 17.4. The van der Waals surface area contributed by atoms with Gasteiger partial charge in [0.05, 0.1) is 0 Å². The second-order valence-corrected chi connectivity index (χ2v) is 4.99. The van der Waals surface area contributed by atoms with Crippen molar-refractivity contribution in [2.75, 3.05) is 18.5 Å². The molecule has 1 aromatic rings. The number of carbonyl (C=O) groups excluding carboxylic acids is 2. The van der Waals surface area contributed by atoms with Gasteiger partial charge >= 0.3 is 17.8 Å². The molecule has 1 aromatic carbocycles. The molecule has 1 fully saturated rings. The van der Waals surface area contributed by atoms with Crippen molar-refractivity contribution in [2.24, 2.45) is 0 Å². The van der Waals surface area contributed by atoms with Crippen molar-refractivity contribution in [3.63, 3.8) is 0 Å². The molecule has 2 rings (SSSR count). The summed E-state index contributed by atoms with van der Waals surface area (Å²) in [6.07, 6.45) is 0.751. The Morgan fingerprint density at radius 1 is 1.23 bits per heavy atom. The van der Waals surface area contributed by atoms with Crippen LogP contribution < -0.4 is 4.90 Å². The maximum absolute atomic E-state index is 13.2. The number of aliphatic carboxylic acids is 1. The quantitative estimate of drug-likeness (QED) is 0.827. The van der Waals surface area contributed by atoms with Crippen molar-refractivity contribution >= 4 is 23.5 Å². The molecule has 1 saturated heterocycles. The minimum Gasteiger partial charge on any atom is -0.480 e. The third kappa shape index (κ3) is 3.05. The Morgan fingerprint density at radius 2 is 1.82 bits per heavy atom. The van der Waals surface area contributed by atoms with Gasteiger partial charge in [0, 0.05) is 25.3 Å². The summed E-state index contributed by atoms with van der Waals surface area (Å²) in [6.45, 7) is 0.160. The Hall–Kier alpha value is -2.51. The van der Waals surface area contributed by atoms with Gasteiger partial charge in [-0.25, -0.2) is 13.6 Å². The predicted molar refractivity (Wildman–Crippen MR) is 72.1 cm³/mol. The Kier molecular flexibility index (Phi) is 4.39. The van der Waals surface area contributed by atoms with Gasteiger partial charge in [-0.1, -0.05) is 0 Å². The van der Waals surface area contributed by atoms with E-state index in [1.807, 2.05) is 0 Å². The van der Waals surface area contributed by atoms with Crippen LogP contribution in [0.25, 0.3) is 0 Å². The Morgan fingerprint density at radius 3 is 2.36 bits per heavy atom. The number of carbonyl (C=O) groups is 3. The molecule has 1 aliphatic rings. The van der Waals surface area contributed by atoms with Gasteiger partial charge in [0.25, 0.3) is 0 Å². The number of amides is 2. The standard InChI is InChI=1S/C14H14F2N2O4/c1-17(10-6-8(15)5-9(16)7-10)12(19)13(20)18-4-2-3-11(18)14(21)22/h5-7,11H,2-4H2,1H3,(H,21,22). The van der Waals surface area contributed by atoms with E-state index in [1.54, 1.807) is 0 Å². The number of rotatable bonds is 2. The van der Waals surface area contributed by atoms with Crippen LogP contribution in [0, 0.1) is 11.6 Å².